The van der Waals surface area contributed by atoms with E-state index in [0.29, 0.717) is 0 Å². The number of benzene rings is 3. The zero-order valence-electron chi connectivity index (χ0n) is 14.2. The predicted octanol–water partition coefficient (Wildman–Crippen LogP) is 10.1. The molecule has 0 amide bonds. The molecule has 0 unspecified atom stereocenters. The van der Waals surface area contributed by atoms with Gasteiger partial charge < -0.3 is 0 Å². The summed E-state index contributed by atoms with van der Waals surface area (Å²) in [4.78, 5) is 0. The Labute approximate surface area is 183 Å². The number of rotatable bonds is 0. The molecule has 4 aromatic heterocycles. The molecule has 0 saturated carbocycles. The van der Waals surface area contributed by atoms with Crippen molar-refractivity contribution < 1.29 is 0 Å². The molecule has 6 heteroatoms. The summed E-state index contributed by atoms with van der Waals surface area (Å²) >= 11 is 11.6. The number of fused-ring (bicyclic) bond motifs is 8. The third kappa shape index (κ3) is 2.30. The molecule has 0 bridgehead atoms. The van der Waals surface area contributed by atoms with Gasteiger partial charge in [0.15, 0.2) is 0 Å². The lowest BCUT2D eigenvalue weighted by atomic mass is 10.3. The standard InChI is InChI=1S/C22H10S6/c1-3-7-13-11(5-1)19-21(25-13)27-17-10-18-16(9-15(17)23-19)24-20-12-6-2-4-8-14(12)26-22(20)28-18/h1-10H. The van der Waals surface area contributed by atoms with E-state index < -0.39 is 0 Å². The first-order valence-electron chi connectivity index (χ1n) is 8.76. The fourth-order valence-electron chi connectivity index (χ4n) is 3.59. The van der Waals surface area contributed by atoms with Gasteiger partial charge in [-0.1, -0.05) is 36.4 Å². The van der Waals surface area contributed by atoms with Gasteiger partial charge in [0.1, 0.15) is 0 Å². The van der Waals surface area contributed by atoms with Crippen molar-refractivity contribution in [2.24, 2.45) is 0 Å². The lowest BCUT2D eigenvalue weighted by Gasteiger charge is -2.02. The van der Waals surface area contributed by atoms with E-state index in [1.165, 1.54) is 56.4 Å². The second kappa shape index (κ2) is 5.98. The molecule has 0 spiro atoms. The minimum atomic E-state index is 1.39. The SMILES string of the molecule is c1ccc2c(c1)sc1sc3cc4sc5sc6ccccc6c5sc4cc3sc12. The zero-order chi connectivity index (χ0) is 18.2. The van der Waals surface area contributed by atoms with E-state index in [9.17, 15) is 0 Å². The second-order valence-electron chi connectivity index (χ2n) is 6.58. The molecule has 0 aliphatic carbocycles. The number of hydrogen-bond acceptors (Lipinski definition) is 6. The van der Waals surface area contributed by atoms with E-state index in [4.69, 9.17) is 0 Å². The van der Waals surface area contributed by atoms with Crippen LogP contribution in [-0.2, 0) is 0 Å². The molecular weight excluding hydrogens is 457 g/mol. The summed E-state index contributed by atoms with van der Waals surface area (Å²) in [5, 5.41) is 2.80. The van der Waals surface area contributed by atoms with E-state index in [0.717, 1.165) is 0 Å². The van der Waals surface area contributed by atoms with E-state index in [-0.39, 0.29) is 0 Å². The Hall–Kier alpha value is -1.54. The smallest absolute Gasteiger partial charge is 0.0983 e. The van der Waals surface area contributed by atoms with E-state index >= 15 is 0 Å². The maximum atomic E-state index is 2.42. The molecule has 0 atom stereocenters. The molecular formula is C22H10S6. The van der Waals surface area contributed by atoms with Gasteiger partial charge in [0.25, 0.3) is 0 Å². The molecule has 28 heavy (non-hydrogen) atoms. The van der Waals surface area contributed by atoms with Crippen molar-refractivity contribution in [2.75, 3.05) is 0 Å². The Bertz CT molecular complexity index is 1600. The molecule has 4 heterocycles. The highest BCUT2D eigenvalue weighted by Gasteiger charge is 2.12. The fourth-order valence-corrected chi connectivity index (χ4v) is 11.8. The van der Waals surface area contributed by atoms with Crippen LogP contribution >= 0.6 is 68.0 Å². The first-order chi connectivity index (χ1) is 13.8. The summed E-state index contributed by atoms with van der Waals surface area (Å²) in [6.07, 6.45) is 0. The minimum absolute atomic E-state index is 1.39. The normalized spacial score (nSPS) is 12.3. The van der Waals surface area contributed by atoms with Crippen LogP contribution in [0.2, 0.25) is 0 Å². The molecule has 0 fully saturated rings. The second-order valence-corrected chi connectivity index (χ2v) is 13.4. The van der Waals surface area contributed by atoms with Crippen LogP contribution < -0.4 is 0 Å². The molecule has 7 aromatic rings. The van der Waals surface area contributed by atoms with Crippen LogP contribution in [-0.4, -0.2) is 0 Å². The number of thiophene rings is 2. The molecule has 0 N–H and O–H groups in total. The lowest BCUT2D eigenvalue weighted by molar-refractivity contribution is 1.87. The van der Waals surface area contributed by atoms with Crippen molar-refractivity contribution in [3.8, 4) is 0 Å². The molecule has 0 radical (unpaired) electrons. The van der Waals surface area contributed by atoms with Crippen LogP contribution in [0.25, 0.3) is 56.4 Å². The third-order valence-electron chi connectivity index (χ3n) is 4.88. The van der Waals surface area contributed by atoms with Crippen LogP contribution in [0.4, 0.5) is 0 Å². The topological polar surface area (TPSA) is 0 Å². The Balaban J connectivity index is 1.61. The Kier molecular flexibility index (Phi) is 3.48. The fraction of sp³-hybridized carbons (Fsp3) is 0. The Morgan fingerprint density at radius 2 is 0.786 bits per heavy atom. The molecule has 134 valence electrons. The highest BCUT2D eigenvalue weighted by molar-refractivity contribution is 7.51. The molecule has 0 nitrogen and oxygen atoms in total. The average molecular weight is 467 g/mol. The van der Waals surface area contributed by atoms with Gasteiger partial charge in [-0.05, 0) is 24.3 Å². The predicted molar refractivity (Wildman–Crippen MR) is 136 cm³/mol. The summed E-state index contributed by atoms with van der Waals surface area (Å²) in [5.41, 5.74) is 0. The van der Waals surface area contributed by atoms with Crippen LogP contribution in [0.3, 0.4) is 0 Å². The minimum Gasteiger partial charge on any atom is -0.132 e. The molecule has 7 rings (SSSR count). The molecule has 0 aliphatic rings. The largest absolute Gasteiger partial charge is 0.132 e. The van der Waals surface area contributed by atoms with Gasteiger partial charge in [0.2, 0.25) is 0 Å². The van der Waals surface area contributed by atoms with Gasteiger partial charge in [0, 0.05) is 39.0 Å². The molecule has 3 aromatic carbocycles. The monoisotopic (exact) mass is 466 g/mol. The summed E-state index contributed by atoms with van der Waals surface area (Å²) in [6, 6.07) is 22.4. The van der Waals surface area contributed by atoms with Crippen LogP contribution in [0.1, 0.15) is 0 Å². The van der Waals surface area contributed by atoms with Crippen molar-refractivity contribution in [3.05, 3.63) is 60.7 Å². The Morgan fingerprint density at radius 1 is 0.393 bits per heavy atom. The Morgan fingerprint density at radius 3 is 1.29 bits per heavy atom. The van der Waals surface area contributed by atoms with Crippen molar-refractivity contribution in [3.63, 3.8) is 0 Å². The van der Waals surface area contributed by atoms with Gasteiger partial charge in [-0.15, -0.1) is 68.0 Å². The van der Waals surface area contributed by atoms with Crippen LogP contribution in [0.5, 0.6) is 0 Å². The van der Waals surface area contributed by atoms with Crippen LogP contribution in [0.15, 0.2) is 60.7 Å². The first-order valence-corrected chi connectivity index (χ1v) is 13.7. The average Bonchev–Trinajstić information content (AvgIpc) is 3.26. The summed E-state index contributed by atoms with van der Waals surface area (Å²) < 4.78 is 14.1. The maximum Gasteiger partial charge on any atom is 0.0983 e. The first kappa shape index (κ1) is 16.3. The summed E-state index contributed by atoms with van der Waals surface area (Å²) in [5.74, 6) is 0. The van der Waals surface area contributed by atoms with Crippen molar-refractivity contribution in [1.82, 2.24) is 0 Å². The van der Waals surface area contributed by atoms with Crippen molar-refractivity contribution >= 4 is 124 Å². The highest BCUT2D eigenvalue weighted by atomic mass is 32.2. The van der Waals surface area contributed by atoms with Gasteiger partial charge >= 0.3 is 0 Å². The summed E-state index contributed by atoms with van der Waals surface area (Å²) in [6.45, 7) is 0. The number of hydrogen-bond donors (Lipinski definition) is 0. The third-order valence-corrected chi connectivity index (χ3v) is 12.9. The van der Waals surface area contributed by atoms with E-state index in [1.54, 1.807) is 0 Å². The van der Waals surface area contributed by atoms with Crippen molar-refractivity contribution in [1.29, 1.82) is 0 Å². The lowest BCUT2D eigenvalue weighted by Crippen LogP contribution is -1.70. The zero-order valence-corrected chi connectivity index (χ0v) is 19.1. The molecule has 0 aliphatic heterocycles. The van der Waals surface area contributed by atoms with Crippen LogP contribution in [0, 0.1) is 0 Å². The van der Waals surface area contributed by atoms with Gasteiger partial charge in [0.05, 0.1) is 17.4 Å². The quantitative estimate of drug-likeness (QED) is 0.195. The van der Waals surface area contributed by atoms with E-state index in [1.807, 2.05) is 68.0 Å². The van der Waals surface area contributed by atoms with Gasteiger partial charge in [-0.2, -0.15) is 0 Å². The van der Waals surface area contributed by atoms with E-state index in [2.05, 4.69) is 60.7 Å². The van der Waals surface area contributed by atoms with Gasteiger partial charge in [-0.25, -0.2) is 0 Å². The molecule has 0 saturated heterocycles. The summed E-state index contributed by atoms with van der Waals surface area (Å²) in [7, 11) is 0. The highest BCUT2D eigenvalue weighted by Crippen LogP contribution is 2.47. The van der Waals surface area contributed by atoms with Crippen molar-refractivity contribution in [2.45, 2.75) is 0 Å². The van der Waals surface area contributed by atoms with Gasteiger partial charge in [-0.3, -0.25) is 0 Å². The maximum absolute atomic E-state index is 2.42.